The van der Waals surface area contributed by atoms with Crippen molar-refractivity contribution in [1.82, 2.24) is 0 Å². The van der Waals surface area contributed by atoms with Crippen LogP contribution >= 0.6 is 0 Å². The number of ether oxygens (including phenoxy) is 1. The van der Waals surface area contributed by atoms with Gasteiger partial charge in [0, 0.05) is 5.54 Å². The maximum atomic E-state index is 12.9. The lowest BCUT2D eigenvalue weighted by Crippen LogP contribution is -2.35. The first-order valence-electron chi connectivity index (χ1n) is 6.78. The maximum absolute atomic E-state index is 12.9. The topological polar surface area (TPSA) is 35.2 Å². The summed E-state index contributed by atoms with van der Waals surface area (Å²) in [6, 6.07) is 14.3. The van der Waals surface area contributed by atoms with Gasteiger partial charge in [0.15, 0.2) is 0 Å². The van der Waals surface area contributed by atoms with E-state index in [4.69, 9.17) is 10.5 Å². The zero-order valence-corrected chi connectivity index (χ0v) is 11.9. The van der Waals surface area contributed by atoms with Gasteiger partial charge >= 0.3 is 0 Å². The standard InChI is InChI=1S/C17H20FNO/c1-3-20-16-6-4-5-14(11-16)17(2,19)12-13-7-9-15(18)10-8-13/h4-11H,3,12,19H2,1-2H3. The summed E-state index contributed by atoms with van der Waals surface area (Å²) in [5.74, 6) is 0.589. The van der Waals surface area contributed by atoms with E-state index < -0.39 is 5.54 Å². The lowest BCUT2D eigenvalue weighted by Gasteiger charge is -2.26. The molecule has 1 unspecified atom stereocenters. The summed E-state index contributed by atoms with van der Waals surface area (Å²) < 4.78 is 18.4. The Kier molecular flexibility index (Phi) is 4.40. The summed E-state index contributed by atoms with van der Waals surface area (Å²) >= 11 is 0. The highest BCUT2D eigenvalue weighted by molar-refractivity contribution is 5.34. The number of hydrogen-bond donors (Lipinski definition) is 1. The molecule has 0 heterocycles. The van der Waals surface area contributed by atoms with Crippen molar-refractivity contribution in [2.75, 3.05) is 6.61 Å². The summed E-state index contributed by atoms with van der Waals surface area (Å²) in [6.07, 6.45) is 0.642. The second kappa shape index (κ2) is 6.06. The minimum absolute atomic E-state index is 0.231. The van der Waals surface area contributed by atoms with Gasteiger partial charge < -0.3 is 10.5 Å². The van der Waals surface area contributed by atoms with Gasteiger partial charge in [0.1, 0.15) is 11.6 Å². The lowest BCUT2D eigenvalue weighted by molar-refractivity contribution is 0.338. The van der Waals surface area contributed by atoms with Crippen molar-refractivity contribution in [2.24, 2.45) is 5.73 Å². The van der Waals surface area contributed by atoms with Crippen molar-refractivity contribution in [3.8, 4) is 5.75 Å². The SMILES string of the molecule is CCOc1cccc(C(C)(N)Cc2ccc(F)cc2)c1. The first-order valence-corrected chi connectivity index (χ1v) is 6.78. The Labute approximate surface area is 119 Å². The molecule has 0 aliphatic heterocycles. The number of nitrogens with two attached hydrogens (primary N) is 1. The summed E-state index contributed by atoms with van der Waals surface area (Å²) in [4.78, 5) is 0. The third kappa shape index (κ3) is 3.58. The van der Waals surface area contributed by atoms with Crippen molar-refractivity contribution in [2.45, 2.75) is 25.8 Å². The Morgan fingerprint density at radius 2 is 1.85 bits per heavy atom. The second-order valence-electron chi connectivity index (χ2n) is 5.18. The molecular formula is C17H20FNO. The molecule has 106 valence electrons. The van der Waals surface area contributed by atoms with Crippen LogP contribution in [0.15, 0.2) is 48.5 Å². The first-order chi connectivity index (χ1) is 9.51. The van der Waals surface area contributed by atoms with Gasteiger partial charge in [0.05, 0.1) is 6.61 Å². The Morgan fingerprint density at radius 1 is 1.15 bits per heavy atom. The van der Waals surface area contributed by atoms with Crippen molar-refractivity contribution >= 4 is 0 Å². The molecule has 0 fully saturated rings. The van der Waals surface area contributed by atoms with E-state index in [0.717, 1.165) is 16.9 Å². The monoisotopic (exact) mass is 273 g/mol. The van der Waals surface area contributed by atoms with Gasteiger partial charge in [-0.3, -0.25) is 0 Å². The van der Waals surface area contributed by atoms with Crippen molar-refractivity contribution in [3.05, 3.63) is 65.5 Å². The molecule has 2 rings (SSSR count). The van der Waals surface area contributed by atoms with Gasteiger partial charge in [-0.05, 0) is 55.7 Å². The first kappa shape index (κ1) is 14.5. The summed E-state index contributed by atoms with van der Waals surface area (Å²) in [6.45, 7) is 4.55. The highest BCUT2D eigenvalue weighted by Crippen LogP contribution is 2.26. The average molecular weight is 273 g/mol. The highest BCUT2D eigenvalue weighted by Gasteiger charge is 2.22. The van der Waals surface area contributed by atoms with E-state index in [1.54, 1.807) is 12.1 Å². The quantitative estimate of drug-likeness (QED) is 0.902. The fourth-order valence-corrected chi connectivity index (χ4v) is 2.24. The van der Waals surface area contributed by atoms with Gasteiger partial charge in [-0.1, -0.05) is 24.3 Å². The van der Waals surface area contributed by atoms with Crippen LogP contribution in [-0.4, -0.2) is 6.61 Å². The van der Waals surface area contributed by atoms with Gasteiger partial charge in [0.2, 0.25) is 0 Å². The van der Waals surface area contributed by atoms with E-state index in [-0.39, 0.29) is 5.82 Å². The molecule has 0 aliphatic rings. The third-order valence-electron chi connectivity index (χ3n) is 3.29. The summed E-state index contributed by atoms with van der Waals surface area (Å²) in [7, 11) is 0. The Morgan fingerprint density at radius 3 is 2.50 bits per heavy atom. The predicted octanol–water partition coefficient (Wildman–Crippen LogP) is 3.64. The van der Waals surface area contributed by atoms with E-state index in [9.17, 15) is 4.39 Å². The summed E-state index contributed by atoms with van der Waals surface area (Å²) in [5.41, 5.74) is 7.92. The molecule has 0 bridgehead atoms. The molecule has 20 heavy (non-hydrogen) atoms. The maximum Gasteiger partial charge on any atom is 0.123 e. The highest BCUT2D eigenvalue weighted by atomic mass is 19.1. The van der Waals surface area contributed by atoms with Crippen LogP contribution in [0.3, 0.4) is 0 Å². The zero-order valence-electron chi connectivity index (χ0n) is 11.9. The minimum Gasteiger partial charge on any atom is -0.494 e. The van der Waals surface area contributed by atoms with Crippen LogP contribution in [0.1, 0.15) is 25.0 Å². The molecule has 2 aromatic rings. The fraction of sp³-hybridized carbons (Fsp3) is 0.294. The van der Waals surface area contributed by atoms with Crippen LogP contribution in [0.5, 0.6) is 5.75 Å². The molecule has 0 saturated heterocycles. The Hall–Kier alpha value is -1.87. The van der Waals surface area contributed by atoms with Gasteiger partial charge in [-0.15, -0.1) is 0 Å². The normalized spacial score (nSPS) is 13.8. The van der Waals surface area contributed by atoms with Crippen LogP contribution in [0.25, 0.3) is 0 Å². The molecule has 2 nitrogen and oxygen atoms in total. The third-order valence-corrected chi connectivity index (χ3v) is 3.29. The van der Waals surface area contributed by atoms with Crippen LogP contribution in [0.4, 0.5) is 4.39 Å². The number of halogens is 1. The van der Waals surface area contributed by atoms with Gasteiger partial charge in [0.25, 0.3) is 0 Å². The molecule has 1 atom stereocenters. The van der Waals surface area contributed by atoms with Crippen LogP contribution in [0, 0.1) is 5.82 Å². The zero-order chi connectivity index (χ0) is 14.6. The van der Waals surface area contributed by atoms with Gasteiger partial charge in [-0.25, -0.2) is 4.39 Å². The molecule has 0 amide bonds. The fourth-order valence-electron chi connectivity index (χ4n) is 2.24. The summed E-state index contributed by atoms with van der Waals surface area (Å²) in [5, 5.41) is 0. The molecule has 3 heteroatoms. The predicted molar refractivity (Wildman–Crippen MR) is 79.3 cm³/mol. The molecule has 2 aromatic carbocycles. The average Bonchev–Trinajstić information content (AvgIpc) is 2.42. The number of benzene rings is 2. The van der Waals surface area contributed by atoms with Crippen LogP contribution < -0.4 is 10.5 Å². The molecule has 0 radical (unpaired) electrons. The Bertz CT molecular complexity index is 563. The molecular weight excluding hydrogens is 253 g/mol. The number of hydrogen-bond acceptors (Lipinski definition) is 2. The van der Waals surface area contributed by atoms with E-state index >= 15 is 0 Å². The largest absolute Gasteiger partial charge is 0.494 e. The minimum atomic E-state index is -0.523. The van der Waals surface area contributed by atoms with E-state index in [1.807, 2.05) is 38.1 Å². The lowest BCUT2D eigenvalue weighted by atomic mass is 9.86. The van der Waals surface area contributed by atoms with Crippen molar-refractivity contribution < 1.29 is 9.13 Å². The molecule has 0 aromatic heterocycles. The second-order valence-corrected chi connectivity index (χ2v) is 5.18. The van der Waals surface area contributed by atoms with E-state index in [1.165, 1.54) is 12.1 Å². The number of rotatable bonds is 5. The smallest absolute Gasteiger partial charge is 0.123 e. The van der Waals surface area contributed by atoms with Crippen molar-refractivity contribution in [3.63, 3.8) is 0 Å². The molecule has 0 aliphatic carbocycles. The van der Waals surface area contributed by atoms with E-state index in [0.29, 0.717) is 13.0 Å². The Balaban J connectivity index is 2.20. The van der Waals surface area contributed by atoms with E-state index in [2.05, 4.69) is 0 Å². The molecule has 0 saturated carbocycles. The van der Waals surface area contributed by atoms with Crippen LogP contribution in [0.2, 0.25) is 0 Å². The molecule has 2 N–H and O–H groups in total. The van der Waals surface area contributed by atoms with Gasteiger partial charge in [-0.2, -0.15) is 0 Å². The van der Waals surface area contributed by atoms with Crippen molar-refractivity contribution in [1.29, 1.82) is 0 Å². The van der Waals surface area contributed by atoms with Crippen LogP contribution in [-0.2, 0) is 12.0 Å². The molecule has 0 spiro atoms.